The van der Waals surface area contributed by atoms with Crippen LogP contribution < -0.4 is 0 Å². The molecule has 0 aliphatic carbocycles. The van der Waals surface area contributed by atoms with Crippen LogP contribution in [0.25, 0.3) is 6.08 Å². The van der Waals surface area contributed by atoms with Gasteiger partial charge in [0.05, 0.1) is 16.8 Å². The topological polar surface area (TPSA) is 33.1 Å². The van der Waals surface area contributed by atoms with Crippen LogP contribution >= 0.6 is 11.3 Å². The fraction of sp³-hybridized carbons (Fsp3) is 0.417. The lowest BCUT2D eigenvalue weighted by molar-refractivity contribution is 0.174. The third-order valence-electron chi connectivity index (χ3n) is 2.35. The van der Waals surface area contributed by atoms with E-state index >= 15 is 0 Å². The van der Waals surface area contributed by atoms with Crippen LogP contribution in [0.5, 0.6) is 0 Å². The molecule has 0 aromatic carbocycles. The summed E-state index contributed by atoms with van der Waals surface area (Å²) in [6.45, 7) is 9.51. The average Bonchev–Trinajstić information content (AvgIpc) is 2.61. The molecule has 2 atom stereocenters. The van der Waals surface area contributed by atoms with E-state index in [-0.39, 0.29) is 5.92 Å². The molecule has 1 aromatic rings. The molecule has 1 rings (SSSR count). The molecule has 82 valence electrons. The van der Waals surface area contributed by atoms with Crippen LogP contribution in [0.3, 0.4) is 0 Å². The Bertz CT molecular complexity index is 367. The minimum absolute atomic E-state index is 0.0704. The van der Waals surface area contributed by atoms with E-state index in [1.807, 2.05) is 32.2 Å². The van der Waals surface area contributed by atoms with Crippen molar-refractivity contribution >= 4 is 17.4 Å². The van der Waals surface area contributed by atoms with E-state index in [0.29, 0.717) is 0 Å². The Kier molecular flexibility index (Phi) is 4.24. The first kappa shape index (κ1) is 12.1. The zero-order valence-corrected chi connectivity index (χ0v) is 10.2. The van der Waals surface area contributed by atoms with Crippen molar-refractivity contribution in [3.63, 3.8) is 0 Å². The summed E-state index contributed by atoms with van der Waals surface area (Å²) in [5.41, 5.74) is 1.85. The van der Waals surface area contributed by atoms with Crippen LogP contribution in [0.1, 0.15) is 24.5 Å². The number of hydrogen-bond acceptors (Lipinski definition) is 3. The Morgan fingerprint density at radius 3 is 2.80 bits per heavy atom. The highest BCUT2D eigenvalue weighted by atomic mass is 32.1. The van der Waals surface area contributed by atoms with Gasteiger partial charge in [0.25, 0.3) is 0 Å². The molecule has 0 amide bonds. The summed E-state index contributed by atoms with van der Waals surface area (Å²) in [6.07, 6.45) is 3.21. The standard InChI is InChI=1S/C12H17NOS/c1-5-8(2)12(14)9(3)6-11-7-15-10(4)13-11/h5-8,12,14H,1H2,2-4H3/b9-6+. The highest BCUT2D eigenvalue weighted by Crippen LogP contribution is 2.17. The van der Waals surface area contributed by atoms with Crippen molar-refractivity contribution in [3.05, 3.63) is 34.3 Å². The Morgan fingerprint density at radius 2 is 2.33 bits per heavy atom. The number of hydrogen-bond donors (Lipinski definition) is 1. The molecular formula is C12H17NOS. The van der Waals surface area contributed by atoms with Crippen LogP contribution in [-0.4, -0.2) is 16.2 Å². The van der Waals surface area contributed by atoms with E-state index in [0.717, 1.165) is 16.3 Å². The molecule has 1 N–H and O–H groups in total. The second-order valence-corrected chi connectivity index (χ2v) is 4.78. The fourth-order valence-electron chi connectivity index (χ4n) is 1.31. The van der Waals surface area contributed by atoms with E-state index in [2.05, 4.69) is 11.6 Å². The van der Waals surface area contributed by atoms with Gasteiger partial charge in [-0.05, 0) is 25.5 Å². The second kappa shape index (κ2) is 5.24. The molecule has 0 fully saturated rings. The van der Waals surface area contributed by atoms with Gasteiger partial charge < -0.3 is 5.11 Å². The predicted octanol–water partition coefficient (Wildman–Crippen LogP) is 3.04. The third-order valence-corrected chi connectivity index (χ3v) is 3.14. The largest absolute Gasteiger partial charge is 0.388 e. The molecule has 1 heterocycles. The van der Waals surface area contributed by atoms with Gasteiger partial charge in [0, 0.05) is 11.3 Å². The minimum Gasteiger partial charge on any atom is -0.388 e. The average molecular weight is 223 g/mol. The van der Waals surface area contributed by atoms with Gasteiger partial charge >= 0.3 is 0 Å². The minimum atomic E-state index is -0.468. The Morgan fingerprint density at radius 1 is 1.67 bits per heavy atom. The van der Waals surface area contributed by atoms with Gasteiger partial charge in [-0.1, -0.05) is 13.0 Å². The molecule has 0 aliphatic heterocycles. The summed E-state index contributed by atoms with van der Waals surface area (Å²) < 4.78 is 0. The molecule has 0 aliphatic rings. The summed E-state index contributed by atoms with van der Waals surface area (Å²) in [5, 5.41) is 12.9. The Balaban J connectivity index is 2.79. The van der Waals surface area contributed by atoms with E-state index < -0.39 is 6.10 Å². The van der Waals surface area contributed by atoms with Crippen LogP contribution in [-0.2, 0) is 0 Å². The molecule has 0 saturated carbocycles. The highest BCUT2D eigenvalue weighted by molar-refractivity contribution is 7.09. The van der Waals surface area contributed by atoms with Crippen LogP contribution in [0.4, 0.5) is 0 Å². The van der Waals surface area contributed by atoms with Gasteiger partial charge in [-0.15, -0.1) is 17.9 Å². The quantitative estimate of drug-likeness (QED) is 0.796. The van der Waals surface area contributed by atoms with E-state index in [1.165, 1.54) is 0 Å². The number of aliphatic hydroxyl groups excluding tert-OH is 1. The molecule has 3 heteroatoms. The molecule has 1 aromatic heterocycles. The summed E-state index contributed by atoms with van der Waals surface area (Å²) in [6, 6.07) is 0. The molecule has 2 nitrogen and oxygen atoms in total. The zero-order chi connectivity index (χ0) is 11.4. The molecule has 0 spiro atoms. The van der Waals surface area contributed by atoms with Crippen molar-refractivity contribution in [2.75, 3.05) is 0 Å². The van der Waals surface area contributed by atoms with E-state index in [4.69, 9.17) is 0 Å². The lowest BCUT2D eigenvalue weighted by Gasteiger charge is -2.15. The maximum atomic E-state index is 9.89. The van der Waals surface area contributed by atoms with Crippen molar-refractivity contribution in [1.29, 1.82) is 0 Å². The number of rotatable bonds is 4. The molecule has 0 radical (unpaired) electrons. The summed E-state index contributed by atoms with van der Waals surface area (Å²) in [4.78, 5) is 4.32. The number of nitrogens with zero attached hydrogens (tertiary/aromatic N) is 1. The first-order valence-corrected chi connectivity index (χ1v) is 5.83. The van der Waals surface area contributed by atoms with E-state index in [1.54, 1.807) is 17.4 Å². The van der Waals surface area contributed by atoms with Gasteiger partial charge in [-0.25, -0.2) is 4.98 Å². The first-order chi connectivity index (χ1) is 7.04. The van der Waals surface area contributed by atoms with Crippen molar-refractivity contribution in [2.45, 2.75) is 26.9 Å². The van der Waals surface area contributed by atoms with Gasteiger partial charge in [0.1, 0.15) is 0 Å². The molecule has 0 bridgehead atoms. The van der Waals surface area contributed by atoms with Crippen molar-refractivity contribution in [2.24, 2.45) is 5.92 Å². The molecule has 0 saturated heterocycles. The smallest absolute Gasteiger partial charge is 0.0901 e. The highest BCUT2D eigenvalue weighted by Gasteiger charge is 2.12. The fourth-order valence-corrected chi connectivity index (χ4v) is 1.88. The molecular weight excluding hydrogens is 206 g/mol. The first-order valence-electron chi connectivity index (χ1n) is 4.95. The Labute approximate surface area is 95.0 Å². The summed E-state index contributed by atoms with van der Waals surface area (Å²) >= 11 is 1.61. The normalized spacial score (nSPS) is 16.1. The summed E-state index contributed by atoms with van der Waals surface area (Å²) in [5.74, 6) is 0.0704. The number of thiazole rings is 1. The van der Waals surface area contributed by atoms with Gasteiger partial charge in [0.15, 0.2) is 0 Å². The third kappa shape index (κ3) is 3.29. The Hall–Kier alpha value is -0.930. The lowest BCUT2D eigenvalue weighted by Crippen LogP contribution is -2.16. The predicted molar refractivity (Wildman–Crippen MR) is 65.9 cm³/mol. The van der Waals surface area contributed by atoms with Crippen molar-refractivity contribution in [3.8, 4) is 0 Å². The number of aryl methyl sites for hydroxylation is 1. The van der Waals surface area contributed by atoms with E-state index in [9.17, 15) is 5.11 Å². The van der Waals surface area contributed by atoms with Crippen LogP contribution in [0.15, 0.2) is 23.6 Å². The lowest BCUT2D eigenvalue weighted by atomic mass is 9.98. The monoisotopic (exact) mass is 223 g/mol. The molecule has 15 heavy (non-hydrogen) atoms. The second-order valence-electron chi connectivity index (χ2n) is 3.72. The van der Waals surface area contributed by atoms with Crippen LogP contribution in [0.2, 0.25) is 0 Å². The van der Waals surface area contributed by atoms with Crippen molar-refractivity contribution in [1.82, 2.24) is 4.98 Å². The van der Waals surface area contributed by atoms with Gasteiger partial charge in [-0.2, -0.15) is 0 Å². The maximum Gasteiger partial charge on any atom is 0.0901 e. The summed E-state index contributed by atoms with van der Waals surface area (Å²) in [7, 11) is 0. The number of aromatic nitrogens is 1. The molecule has 2 unspecified atom stereocenters. The van der Waals surface area contributed by atoms with Gasteiger partial charge in [-0.3, -0.25) is 0 Å². The zero-order valence-electron chi connectivity index (χ0n) is 9.40. The number of aliphatic hydroxyl groups is 1. The maximum absolute atomic E-state index is 9.89. The van der Waals surface area contributed by atoms with Crippen LogP contribution in [0, 0.1) is 12.8 Å². The SMILES string of the molecule is C=CC(C)C(O)/C(C)=C/c1csc(C)n1. The van der Waals surface area contributed by atoms with Gasteiger partial charge in [0.2, 0.25) is 0 Å². The van der Waals surface area contributed by atoms with Crippen molar-refractivity contribution < 1.29 is 5.11 Å².